The van der Waals surface area contributed by atoms with Gasteiger partial charge >= 0.3 is 21.1 Å². The van der Waals surface area contributed by atoms with Crippen LogP contribution >= 0.6 is 0 Å². The molecule has 0 spiro atoms. The largest absolute Gasteiger partial charge is 2.00 e. The summed E-state index contributed by atoms with van der Waals surface area (Å²) in [7, 11) is 1.68. The second-order valence-corrected chi connectivity index (χ2v) is 16.2. The summed E-state index contributed by atoms with van der Waals surface area (Å²) in [4.78, 5) is 4.74. The molecule has 3 aromatic carbocycles. The Morgan fingerprint density at radius 1 is 0.782 bits per heavy atom. The molecule has 1 unspecified atom stereocenters. The summed E-state index contributed by atoms with van der Waals surface area (Å²) in [5.74, 6) is 4.89. The fourth-order valence-corrected chi connectivity index (χ4v) is 10.0. The van der Waals surface area contributed by atoms with E-state index in [9.17, 15) is 0 Å². The van der Waals surface area contributed by atoms with Crippen LogP contribution in [0.3, 0.4) is 0 Å². The minimum Gasteiger partial charge on any atom is -0.509 e. The molecule has 2 atom stereocenters. The first-order valence-electron chi connectivity index (χ1n) is 20.4. The van der Waals surface area contributed by atoms with Crippen LogP contribution in [0.25, 0.3) is 33.3 Å². The number of fused-ring (bicyclic) bond motifs is 3. The van der Waals surface area contributed by atoms with Crippen molar-refractivity contribution in [2.24, 2.45) is 5.92 Å². The second kappa shape index (κ2) is 16.1. The topological polar surface area (TPSA) is 54.1 Å². The molecule has 6 nitrogen and oxygen atoms in total. The Labute approximate surface area is 340 Å². The molecule has 6 aromatic rings. The van der Waals surface area contributed by atoms with E-state index in [1.807, 2.05) is 18.2 Å². The number of rotatable bonds is 8. The van der Waals surface area contributed by atoms with Crippen molar-refractivity contribution in [1.82, 2.24) is 19.3 Å². The van der Waals surface area contributed by atoms with Gasteiger partial charge in [0.25, 0.3) is 0 Å². The van der Waals surface area contributed by atoms with Gasteiger partial charge in [0, 0.05) is 58.3 Å². The monoisotopic (exact) mass is 911 g/mol. The van der Waals surface area contributed by atoms with Gasteiger partial charge in [0.05, 0.1) is 12.8 Å². The minimum absolute atomic E-state index is 0. The van der Waals surface area contributed by atoms with E-state index in [4.69, 9.17) is 19.6 Å². The zero-order chi connectivity index (χ0) is 36.8. The smallest absolute Gasteiger partial charge is 0.509 e. The maximum absolute atomic E-state index is 6.73. The quantitative estimate of drug-likeness (QED) is 0.113. The van der Waals surface area contributed by atoms with Crippen LogP contribution in [0.4, 0.5) is 0 Å². The van der Waals surface area contributed by atoms with Crippen LogP contribution in [0.5, 0.6) is 17.2 Å². The van der Waals surface area contributed by atoms with Gasteiger partial charge in [-0.15, -0.1) is 35.7 Å². The van der Waals surface area contributed by atoms with E-state index in [1.54, 1.807) is 18.9 Å². The third-order valence-corrected chi connectivity index (χ3v) is 12.6. The number of para-hydroxylation sites is 1. The van der Waals surface area contributed by atoms with Crippen molar-refractivity contribution in [3.05, 3.63) is 113 Å². The molecule has 3 heterocycles. The van der Waals surface area contributed by atoms with E-state index < -0.39 is 0 Å². The van der Waals surface area contributed by atoms with E-state index in [0.29, 0.717) is 35.2 Å². The van der Waals surface area contributed by atoms with Gasteiger partial charge in [0.15, 0.2) is 0 Å². The number of ether oxygens (including phenoxy) is 2. The number of benzene rings is 3. The van der Waals surface area contributed by atoms with E-state index in [2.05, 4.69) is 90.7 Å². The van der Waals surface area contributed by atoms with Crippen molar-refractivity contribution in [3.8, 4) is 28.8 Å². The average molecular weight is 912 g/mol. The summed E-state index contributed by atoms with van der Waals surface area (Å²) in [6.45, 7) is 7.02. The SMILES string of the molecule is COc1ccnc(-n2c3[c-]c(Oc4[c-]c(-n5nc(C6CCCCC6)c(C6C(C)=CCC[C@@H]6C)c5C5CCCCC5)cc(C)c4)ccc3c3ccccc32)c1.[Pt+2]. The van der Waals surface area contributed by atoms with Crippen molar-refractivity contribution < 1.29 is 30.5 Å². The minimum atomic E-state index is 0. The molecule has 3 aliphatic rings. The van der Waals surface area contributed by atoms with Crippen LogP contribution in [-0.2, 0) is 21.1 Å². The molecule has 0 N–H and O–H groups in total. The summed E-state index contributed by atoms with van der Waals surface area (Å²) in [6.07, 6.45) is 19.5. The Bertz CT molecular complexity index is 2340. The summed E-state index contributed by atoms with van der Waals surface area (Å²) < 4.78 is 16.8. The molecular formula is C48H52N4O2Pt. The second-order valence-electron chi connectivity index (χ2n) is 16.2. The molecule has 0 saturated heterocycles. The van der Waals surface area contributed by atoms with Gasteiger partial charge in [-0.05, 0) is 74.6 Å². The van der Waals surface area contributed by atoms with Crippen LogP contribution in [-0.4, -0.2) is 26.4 Å². The van der Waals surface area contributed by atoms with Crippen LogP contribution in [0.15, 0.2) is 78.5 Å². The molecule has 0 aliphatic heterocycles. The third-order valence-electron chi connectivity index (χ3n) is 12.6. The molecule has 2 saturated carbocycles. The zero-order valence-corrected chi connectivity index (χ0v) is 34.9. The van der Waals surface area contributed by atoms with Gasteiger partial charge in [-0.1, -0.05) is 87.7 Å². The van der Waals surface area contributed by atoms with Gasteiger partial charge < -0.3 is 14.0 Å². The summed E-state index contributed by atoms with van der Waals surface area (Å²) >= 11 is 0. The Kier molecular flexibility index (Phi) is 11.1. The molecule has 0 radical (unpaired) electrons. The molecule has 286 valence electrons. The fourth-order valence-electron chi connectivity index (χ4n) is 10.0. The first-order valence-corrected chi connectivity index (χ1v) is 20.4. The number of aryl methyl sites for hydroxylation is 1. The molecule has 2 fully saturated rings. The first-order chi connectivity index (χ1) is 26.5. The summed E-state index contributed by atoms with van der Waals surface area (Å²) in [6, 6.07) is 28.1. The average Bonchev–Trinajstić information content (AvgIpc) is 3.75. The van der Waals surface area contributed by atoms with Crippen molar-refractivity contribution in [1.29, 1.82) is 0 Å². The van der Waals surface area contributed by atoms with Gasteiger partial charge in [0.2, 0.25) is 0 Å². The molecule has 3 aliphatic carbocycles. The van der Waals surface area contributed by atoms with Crippen LogP contribution in [0.2, 0.25) is 0 Å². The number of hydrogen-bond acceptors (Lipinski definition) is 4. The van der Waals surface area contributed by atoms with Gasteiger partial charge in [-0.25, -0.2) is 4.98 Å². The Morgan fingerprint density at radius 3 is 2.31 bits per heavy atom. The number of pyridine rings is 1. The molecule has 9 rings (SSSR count). The predicted octanol–water partition coefficient (Wildman–Crippen LogP) is 12.6. The zero-order valence-electron chi connectivity index (χ0n) is 32.6. The Balaban J connectivity index is 0.00000427. The van der Waals surface area contributed by atoms with E-state index in [1.165, 1.54) is 94.0 Å². The Hall–Kier alpha value is -4.15. The van der Waals surface area contributed by atoms with Crippen LogP contribution < -0.4 is 9.47 Å². The summed E-state index contributed by atoms with van der Waals surface area (Å²) in [5, 5.41) is 7.94. The maximum Gasteiger partial charge on any atom is 2.00 e. The van der Waals surface area contributed by atoms with E-state index in [0.717, 1.165) is 44.6 Å². The first kappa shape index (κ1) is 37.8. The van der Waals surface area contributed by atoms with Crippen molar-refractivity contribution >= 4 is 21.8 Å². The van der Waals surface area contributed by atoms with Gasteiger partial charge in [-0.3, -0.25) is 4.68 Å². The molecule has 7 heteroatoms. The number of aromatic nitrogens is 4. The number of hydrogen-bond donors (Lipinski definition) is 0. The van der Waals surface area contributed by atoms with Crippen LogP contribution in [0.1, 0.15) is 131 Å². The molecule has 0 amide bonds. The molecule has 55 heavy (non-hydrogen) atoms. The number of methoxy groups -OCH3 is 1. The normalized spacial score (nSPS) is 19.7. The molecular weight excluding hydrogens is 860 g/mol. The molecule has 0 bridgehead atoms. The van der Waals surface area contributed by atoms with Crippen molar-refractivity contribution in [3.63, 3.8) is 0 Å². The standard InChI is InChI=1S/C48H52N4O2.Pt/c1-31-26-36(52-48(35-18-9-6-10-19-35)46(45-32(2)14-13-15-33(45)3)47(50-52)34-16-7-5-8-17-34)28-39(27-31)54-38-22-23-41-40-20-11-12-21-42(40)51(43(41)29-38)44-30-37(53-4)24-25-49-44;/h11-12,14,20-27,30,33-35,45H,5-10,13,15-19H2,1-4H3;/q-2;+2/t33-,45?;/m0./s1. The Morgan fingerprint density at radius 2 is 1.55 bits per heavy atom. The maximum atomic E-state index is 6.73. The van der Waals surface area contributed by atoms with Crippen LogP contribution in [0, 0.1) is 25.0 Å². The van der Waals surface area contributed by atoms with Gasteiger partial charge in [-0.2, -0.15) is 16.7 Å². The number of allylic oxidation sites excluding steroid dienone is 2. The predicted molar refractivity (Wildman–Crippen MR) is 218 cm³/mol. The van der Waals surface area contributed by atoms with E-state index in [-0.39, 0.29) is 21.1 Å². The van der Waals surface area contributed by atoms with Gasteiger partial charge in [0.1, 0.15) is 11.6 Å². The van der Waals surface area contributed by atoms with E-state index >= 15 is 0 Å². The molecule has 3 aromatic heterocycles. The number of nitrogens with zero attached hydrogens (tertiary/aromatic N) is 4. The van der Waals surface area contributed by atoms with Crippen molar-refractivity contribution in [2.45, 2.75) is 116 Å². The summed E-state index contributed by atoms with van der Waals surface area (Å²) in [5.41, 5.74) is 9.99. The van der Waals surface area contributed by atoms with Crippen molar-refractivity contribution in [2.75, 3.05) is 7.11 Å². The third kappa shape index (κ3) is 7.21. The fraction of sp³-hybridized carbons (Fsp3) is 0.417.